The Bertz CT molecular complexity index is 1150. The van der Waals surface area contributed by atoms with Crippen molar-refractivity contribution in [1.29, 1.82) is 0 Å². The predicted molar refractivity (Wildman–Crippen MR) is 136 cm³/mol. The first-order chi connectivity index (χ1) is 16.9. The average Bonchev–Trinajstić information content (AvgIpc) is 3.34. The summed E-state index contributed by atoms with van der Waals surface area (Å²) in [6, 6.07) is 16.9. The van der Waals surface area contributed by atoms with Gasteiger partial charge in [-0.25, -0.2) is 4.39 Å². The second-order valence-electron chi connectivity index (χ2n) is 9.20. The second-order valence-corrected chi connectivity index (χ2v) is 10.2. The molecular formula is C28H31FN2O3S. The van der Waals surface area contributed by atoms with Crippen molar-refractivity contribution in [2.75, 3.05) is 26.2 Å². The molecule has 0 saturated carbocycles. The van der Waals surface area contributed by atoms with Crippen LogP contribution >= 0.6 is 11.3 Å². The van der Waals surface area contributed by atoms with Crippen LogP contribution in [0.4, 0.5) is 4.39 Å². The fraction of sp³-hybridized carbons (Fsp3) is 0.357. The molecule has 184 valence electrons. The number of rotatable bonds is 9. The topological polar surface area (TPSA) is 49.9 Å². The number of hydrogen-bond acceptors (Lipinski definition) is 4. The zero-order valence-corrected chi connectivity index (χ0v) is 21.0. The predicted octanol–water partition coefficient (Wildman–Crippen LogP) is 5.58. The third kappa shape index (κ3) is 6.28. The number of amides is 2. The van der Waals surface area contributed by atoms with Crippen molar-refractivity contribution < 1.29 is 18.7 Å². The Morgan fingerprint density at radius 3 is 2.69 bits per heavy atom. The van der Waals surface area contributed by atoms with Gasteiger partial charge in [-0.05, 0) is 60.0 Å². The molecule has 3 aromatic rings. The molecule has 1 aromatic heterocycles. The van der Waals surface area contributed by atoms with Gasteiger partial charge in [0.2, 0.25) is 5.91 Å². The van der Waals surface area contributed by atoms with Gasteiger partial charge in [0.05, 0.1) is 6.04 Å². The molecule has 0 N–H and O–H groups in total. The van der Waals surface area contributed by atoms with Crippen LogP contribution in [0.3, 0.4) is 0 Å². The second kappa shape index (κ2) is 11.5. The molecular weight excluding hydrogens is 463 g/mol. The summed E-state index contributed by atoms with van der Waals surface area (Å²) in [7, 11) is 0. The summed E-state index contributed by atoms with van der Waals surface area (Å²) in [6.45, 7) is 5.51. The van der Waals surface area contributed by atoms with E-state index in [2.05, 4.69) is 13.8 Å². The van der Waals surface area contributed by atoms with E-state index in [0.717, 1.165) is 18.4 Å². The smallest absolute Gasteiger partial charge is 0.254 e. The van der Waals surface area contributed by atoms with Crippen LogP contribution in [0.5, 0.6) is 5.75 Å². The van der Waals surface area contributed by atoms with Gasteiger partial charge in [0, 0.05) is 29.6 Å². The van der Waals surface area contributed by atoms with E-state index in [-0.39, 0.29) is 36.8 Å². The highest BCUT2D eigenvalue weighted by molar-refractivity contribution is 7.10. The first-order valence-electron chi connectivity index (χ1n) is 12.0. The van der Waals surface area contributed by atoms with Crippen molar-refractivity contribution in [1.82, 2.24) is 9.80 Å². The van der Waals surface area contributed by atoms with Crippen LogP contribution in [-0.4, -0.2) is 47.9 Å². The molecule has 2 amide bonds. The number of halogens is 1. The molecule has 1 unspecified atom stereocenters. The van der Waals surface area contributed by atoms with Gasteiger partial charge >= 0.3 is 0 Å². The van der Waals surface area contributed by atoms with Crippen molar-refractivity contribution >= 4 is 23.2 Å². The summed E-state index contributed by atoms with van der Waals surface area (Å²) in [6.07, 6.45) is 1.58. The maximum atomic E-state index is 13.6. The van der Waals surface area contributed by atoms with E-state index in [0.29, 0.717) is 30.3 Å². The molecule has 2 aromatic carbocycles. The van der Waals surface area contributed by atoms with Gasteiger partial charge in [0.15, 0.2) is 0 Å². The Labute approximate surface area is 210 Å². The average molecular weight is 495 g/mol. The minimum atomic E-state index is -0.365. The van der Waals surface area contributed by atoms with Crippen LogP contribution in [0.25, 0.3) is 0 Å². The first kappa shape index (κ1) is 24.9. The summed E-state index contributed by atoms with van der Waals surface area (Å²) >= 11 is 1.68. The number of fused-ring (bicyclic) bond motifs is 1. The minimum absolute atomic E-state index is 0.0103. The Balaban J connectivity index is 1.52. The summed E-state index contributed by atoms with van der Waals surface area (Å²) in [5.41, 5.74) is 1.64. The molecule has 5 nitrogen and oxygen atoms in total. The van der Waals surface area contributed by atoms with Crippen LogP contribution in [0.2, 0.25) is 0 Å². The molecule has 2 heterocycles. The minimum Gasteiger partial charge on any atom is -0.491 e. The standard InChI is InChI=1S/C28H31FN2O3S/c1-20(2)11-14-30(28(33)21-7-4-3-5-8-21)18-27(32)31-15-12-26-24(13-16-35-26)25(31)19-34-23-10-6-9-22(29)17-23/h3-10,13,16-17,20,25H,11-12,14-15,18-19H2,1-2H3. The highest BCUT2D eigenvalue weighted by Crippen LogP contribution is 2.34. The Morgan fingerprint density at radius 2 is 1.94 bits per heavy atom. The summed E-state index contributed by atoms with van der Waals surface area (Å²) < 4.78 is 19.6. The molecule has 1 atom stereocenters. The zero-order chi connectivity index (χ0) is 24.8. The maximum absolute atomic E-state index is 13.6. The molecule has 0 spiro atoms. The first-order valence-corrected chi connectivity index (χ1v) is 12.9. The van der Waals surface area contributed by atoms with Crippen molar-refractivity contribution in [2.24, 2.45) is 5.92 Å². The highest BCUT2D eigenvalue weighted by atomic mass is 32.1. The molecule has 0 bridgehead atoms. The zero-order valence-electron chi connectivity index (χ0n) is 20.2. The van der Waals surface area contributed by atoms with E-state index in [1.54, 1.807) is 40.5 Å². The van der Waals surface area contributed by atoms with Crippen molar-refractivity contribution in [2.45, 2.75) is 32.7 Å². The van der Waals surface area contributed by atoms with Crippen LogP contribution in [-0.2, 0) is 11.2 Å². The fourth-order valence-corrected chi connectivity index (χ4v) is 5.22. The maximum Gasteiger partial charge on any atom is 0.254 e. The number of ether oxygens (including phenoxy) is 1. The third-order valence-electron chi connectivity index (χ3n) is 6.23. The van der Waals surface area contributed by atoms with Crippen LogP contribution in [0.15, 0.2) is 66.0 Å². The van der Waals surface area contributed by atoms with E-state index < -0.39 is 0 Å². The lowest BCUT2D eigenvalue weighted by Crippen LogP contribution is -2.48. The molecule has 4 rings (SSSR count). The molecule has 0 aliphatic carbocycles. The van der Waals surface area contributed by atoms with Crippen LogP contribution in [0.1, 0.15) is 47.1 Å². The number of benzene rings is 2. The van der Waals surface area contributed by atoms with E-state index in [9.17, 15) is 14.0 Å². The van der Waals surface area contributed by atoms with Crippen molar-refractivity contribution in [3.63, 3.8) is 0 Å². The lowest BCUT2D eigenvalue weighted by molar-refractivity contribution is -0.135. The van der Waals surface area contributed by atoms with E-state index in [1.165, 1.54) is 17.0 Å². The summed E-state index contributed by atoms with van der Waals surface area (Å²) in [5.74, 6) is 0.225. The van der Waals surface area contributed by atoms with E-state index in [4.69, 9.17) is 4.74 Å². The monoisotopic (exact) mass is 494 g/mol. The van der Waals surface area contributed by atoms with E-state index >= 15 is 0 Å². The Morgan fingerprint density at radius 1 is 1.14 bits per heavy atom. The lowest BCUT2D eigenvalue weighted by Gasteiger charge is -2.37. The van der Waals surface area contributed by atoms with Gasteiger partial charge in [-0.2, -0.15) is 0 Å². The molecule has 0 saturated heterocycles. The van der Waals surface area contributed by atoms with E-state index in [1.807, 2.05) is 34.5 Å². The molecule has 1 aliphatic heterocycles. The quantitative estimate of drug-likeness (QED) is 0.390. The van der Waals surface area contributed by atoms with Gasteiger partial charge in [0.1, 0.15) is 24.7 Å². The molecule has 7 heteroatoms. The number of carbonyl (C=O) groups excluding carboxylic acids is 2. The third-order valence-corrected chi connectivity index (χ3v) is 7.23. The fourth-order valence-electron chi connectivity index (χ4n) is 4.29. The summed E-state index contributed by atoms with van der Waals surface area (Å²) in [4.78, 5) is 31.6. The molecule has 0 radical (unpaired) electrons. The van der Waals surface area contributed by atoms with Gasteiger partial charge in [-0.1, -0.05) is 38.1 Å². The SMILES string of the molecule is CC(C)CCN(CC(=O)N1CCc2sccc2C1COc1cccc(F)c1)C(=O)c1ccccc1. The molecule has 1 aliphatic rings. The van der Waals surface area contributed by atoms with Gasteiger partial charge in [0.25, 0.3) is 5.91 Å². The van der Waals surface area contributed by atoms with Gasteiger partial charge in [-0.15, -0.1) is 11.3 Å². The van der Waals surface area contributed by atoms with Crippen molar-refractivity contribution in [3.05, 3.63) is 87.9 Å². The summed E-state index contributed by atoms with van der Waals surface area (Å²) in [5, 5.41) is 2.03. The van der Waals surface area contributed by atoms with Gasteiger partial charge in [-0.3, -0.25) is 9.59 Å². The number of hydrogen-bond donors (Lipinski definition) is 0. The lowest BCUT2D eigenvalue weighted by atomic mass is 10.00. The van der Waals surface area contributed by atoms with Gasteiger partial charge < -0.3 is 14.5 Å². The number of carbonyl (C=O) groups is 2. The largest absolute Gasteiger partial charge is 0.491 e. The highest BCUT2D eigenvalue weighted by Gasteiger charge is 2.33. The van der Waals surface area contributed by atoms with Crippen molar-refractivity contribution in [3.8, 4) is 5.75 Å². The number of nitrogens with zero attached hydrogens (tertiary/aromatic N) is 2. The Kier molecular flexibility index (Phi) is 8.18. The number of thiophene rings is 1. The van der Waals surface area contributed by atoms with Crippen LogP contribution in [0, 0.1) is 11.7 Å². The molecule has 35 heavy (non-hydrogen) atoms. The van der Waals surface area contributed by atoms with Crippen LogP contribution < -0.4 is 4.74 Å². The Hall–Kier alpha value is -3.19. The normalized spacial score (nSPS) is 15.1. The molecule has 0 fully saturated rings.